The van der Waals surface area contributed by atoms with Crippen molar-refractivity contribution < 1.29 is 23.5 Å². The lowest BCUT2D eigenvalue weighted by molar-refractivity contribution is -0.384. The zero-order chi connectivity index (χ0) is 21.0. The zero-order valence-corrected chi connectivity index (χ0v) is 16.1. The van der Waals surface area contributed by atoms with Crippen LogP contribution in [0.3, 0.4) is 0 Å². The van der Waals surface area contributed by atoms with Crippen LogP contribution in [-0.4, -0.2) is 54.3 Å². The second-order valence-corrected chi connectivity index (χ2v) is 7.08. The molecule has 1 heterocycles. The van der Waals surface area contributed by atoms with E-state index in [1.807, 2.05) is 9.80 Å². The molecule has 1 atom stereocenters. The fourth-order valence-electron chi connectivity index (χ4n) is 3.30. The van der Waals surface area contributed by atoms with Gasteiger partial charge in [-0.25, -0.2) is 0 Å². The molecule has 0 aliphatic carbocycles. The highest BCUT2D eigenvalue weighted by Crippen LogP contribution is 2.32. The van der Waals surface area contributed by atoms with Crippen molar-refractivity contribution in [2.24, 2.45) is 0 Å². The fraction of sp³-hybridized carbons (Fsp3) is 0.368. The summed E-state index contributed by atoms with van der Waals surface area (Å²) < 4.78 is 28.7. The van der Waals surface area contributed by atoms with Crippen LogP contribution in [0.2, 0.25) is 5.02 Å². The lowest BCUT2D eigenvalue weighted by Gasteiger charge is -2.36. The number of halogens is 3. The van der Waals surface area contributed by atoms with Crippen molar-refractivity contribution in [1.29, 1.82) is 0 Å². The van der Waals surface area contributed by atoms with Gasteiger partial charge in [-0.05, 0) is 29.8 Å². The topological polar surface area (TPSA) is 79.1 Å². The van der Waals surface area contributed by atoms with Crippen molar-refractivity contribution in [2.75, 3.05) is 37.6 Å². The number of piperazine rings is 1. The van der Waals surface area contributed by atoms with Crippen LogP contribution in [0.25, 0.3) is 0 Å². The SMILES string of the molecule is O=[N+]([O-])c1cc(Cl)ccc1N1CCN(CC(O)c2ccc(OC(F)F)cc2)CC1. The first-order chi connectivity index (χ1) is 13.8. The number of rotatable bonds is 7. The third-order valence-electron chi connectivity index (χ3n) is 4.77. The molecular formula is C19H20ClF2N3O4. The number of hydrogen-bond acceptors (Lipinski definition) is 6. The predicted molar refractivity (Wildman–Crippen MR) is 105 cm³/mol. The standard InChI is InChI=1S/C19H20ClF2N3O4/c20-14-3-6-16(17(11-14)25(27)28)24-9-7-23(8-10-24)12-18(26)13-1-4-15(5-2-13)29-19(21)22/h1-6,11,18-19,26H,7-10,12H2. The van der Waals surface area contributed by atoms with Crippen molar-refractivity contribution in [3.63, 3.8) is 0 Å². The summed E-state index contributed by atoms with van der Waals surface area (Å²) in [6.07, 6.45) is -0.785. The highest BCUT2D eigenvalue weighted by atomic mass is 35.5. The highest BCUT2D eigenvalue weighted by Gasteiger charge is 2.25. The molecule has 2 aromatic carbocycles. The highest BCUT2D eigenvalue weighted by molar-refractivity contribution is 6.30. The third-order valence-corrected chi connectivity index (χ3v) is 5.00. The molecule has 3 rings (SSSR count). The number of aliphatic hydroxyl groups excluding tert-OH is 1. The van der Waals surface area contributed by atoms with E-state index in [4.69, 9.17) is 11.6 Å². The number of nitrogens with zero attached hydrogens (tertiary/aromatic N) is 3. The molecule has 1 unspecified atom stereocenters. The molecule has 1 saturated heterocycles. The minimum Gasteiger partial charge on any atom is -0.435 e. The Labute approximate surface area is 171 Å². The van der Waals surface area contributed by atoms with Crippen molar-refractivity contribution >= 4 is 23.0 Å². The largest absolute Gasteiger partial charge is 0.435 e. The van der Waals surface area contributed by atoms with Gasteiger partial charge in [0.2, 0.25) is 0 Å². The van der Waals surface area contributed by atoms with Crippen molar-refractivity contribution in [1.82, 2.24) is 4.90 Å². The summed E-state index contributed by atoms with van der Waals surface area (Å²) in [5.41, 5.74) is 1.09. The number of nitro groups is 1. The van der Waals surface area contributed by atoms with Crippen LogP contribution in [-0.2, 0) is 0 Å². The molecule has 156 valence electrons. The smallest absolute Gasteiger partial charge is 0.387 e. The molecule has 0 aromatic heterocycles. The summed E-state index contributed by atoms with van der Waals surface area (Å²) in [7, 11) is 0. The van der Waals surface area contributed by atoms with E-state index in [2.05, 4.69) is 4.74 Å². The summed E-state index contributed by atoms with van der Waals surface area (Å²) in [5.74, 6) is 0.0362. The Bertz CT molecular complexity index is 846. The van der Waals surface area contributed by atoms with E-state index < -0.39 is 17.6 Å². The van der Waals surface area contributed by atoms with Crippen molar-refractivity contribution in [2.45, 2.75) is 12.7 Å². The number of hydrogen-bond donors (Lipinski definition) is 1. The molecule has 1 fully saturated rings. The number of aliphatic hydroxyl groups is 1. The second-order valence-electron chi connectivity index (χ2n) is 6.64. The quantitative estimate of drug-likeness (QED) is 0.536. The van der Waals surface area contributed by atoms with E-state index >= 15 is 0 Å². The summed E-state index contributed by atoms with van der Waals surface area (Å²) in [6, 6.07) is 10.5. The summed E-state index contributed by atoms with van der Waals surface area (Å²) in [5, 5.41) is 22.0. The van der Waals surface area contributed by atoms with Gasteiger partial charge in [0.1, 0.15) is 11.4 Å². The molecule has 0 amide bonds. The lowest BCUT2D eigenvalue weighted by Crippen LogP contribution is -2.47. The first-order valence-corrected chi connectivity index (χ1v) is 9.35. The first kappa shape index (κ1) is 21.2. The number of benzene rings is 2. The van der Waals surface area contributed by atoms with Crippen LogP contribution >= 0.6 is 11.6 Å². The maximum absolute atomic E-state index is 12.2. The molecule has 1 N–H and O–H groups in total. The zero-order valence-electron chi connectivity index (χ0n) is 15.4. The van der Waals surface area contributed by atoms with Crippen LogP contribution in [0.1, 0.15) is 11.7 Å². The van der Waals surface area contributed by atoms with Gasteiger partial charge in [-0.2, -0.15) is 8.78 Å². The number of anilines is 1. The van der Waals surface area contributed by atoms with E-state index in [1.165, 1.54) is 18.2 Å². The number of β-amino-alcohol motifs (C(OH)–C–C–N with tert-alkyl or cyclic N) is 1. The Morgan fingerprint density at radius 1 is 1.14 bits per heavy atom. The van der Waals surface area contributed by atoms with Gasteiger partial charge < -0.3 is 14.7 Å². The Morgan fingerprint density at radius 2 is 1.79 bits per heavy atom. The van der Waals surface area contributed by atoms with E-state index in [0.717, 1.165) is 0 Å². The van der Waals surface area contributed by atoms with Crippen molar-refractivity contribution in [3.8, 4) is 5.75 Å². The molecule has 0 saturated carbocycles. The monoisotopic (exact) mass is 427 g/mol. The van der Waals surface area contributed by atoms with Gasteiger partial charge in [0, 0.05) is 43.8 Å². The molecule has 2 aromatic rings. The third kappa shape index (κ3) is 5.53. The average Bonchev–Trinajstić information content (AvgIpc) is 2.68. The number of alkyl halides is 2. The summed E-state index contributed by atoms with van der Waals surface area (Å²) in [6.45, 7) is -0.163. The number of ether oxygens (including phenoxy) is 1. The molecular weight excluding hydrogens is 408 g/mol. The van der Waals surface area contributed by atoms with Crippen LogP contribution in [0.15, 0.2) is 42.5 Å². The molecule has 1 aliphatic heterocycles. The first-order valence-electron chi connectivity index (χ1n) is 8.97. The molecule has 1 aliphatic rings. The molecule has 10 heteroatoms. The Morgan fingerprint density at radius 3 is 2.38 bits per heavy atom. The Hall–Kier alpha value is -2.49. The van der Waals surface area contributed by atoms with Gasteiger partial charge in [0.05, 0.1) is 11.0 Å². The van der Waals surface area contributed by atoms with E-state index in [1.54, 1.807) is 24.3 Å². The molecule has 0 radical (unpaired) electrons. The molecule has 29 heavy (non-hydrogen) atoms. The van der Waals surface area contributed by atoms with E-state index in [0.29, 0.717) is 49.0 Å². The van der Waals surface area contributed by atoms with Gasteiger partial charge >= 0.3 is 6.61 Å². The maximum Gasteiger partial charge on any atom is 0.387 e. The fourth-order valence-corrected chi connectivity index (χ4v) is 3.47. The van der Waals surface area contributed by atoms with Gasteiger partial charge in [0.25, 0.3) is 5.69 Å². The van der Waals surface area contributed by atoms with Crippen LogP contribution in [0, 0.1) is 10.1 Å². The predicted octanol–water partition coefficient (Wildman–Crippen LogP) is 3.71. The van der Waals surface area contributed by atoms with E-state index in [9.17, 15) is 24.0 Å². The van der Waals surface area contributed by atoms with Gasteiger partial charge in [-0.1, -0.05) is 23.7 Å². The van der Waals surface area contributed by atoms with E-state index in [-0.39, 0.29) is 11.4 Å². The van der Waals surface area contributed by atoms with Gasteiger partial charge in [0.15, 0.2) is 0 Å². The minimum atomic E-state index is -2.89. The summed E-state index contributed by atoms with van der Waals surface area (Å²) >= 11 is 5.87. The lowest BCUT2D eigenvalue weighted by atomic mass is 10.1. The normalized spacial score (nSPS) is 16.1. The van der Waals surface area contributed by atoms with Crippen molar-refractivity contribution in [3.05, 3.63) is 63.2 Å². The Kier molecular flexibility index (Phi) is 6.83. The number of nitro benzene ring substituents is 1. The molecule has 0 spiro atoms. The van der Waals surface area contributed by atoms with Crippen LogP contribution in [0.4, 0.5) is 20.2 Å². The van der Waals surface area contributed by atoms with Gasteiger partial charge in [-0.3, -0.25) is 15.0 Å². The maximum atomic E-state index is 12.2. The average molecular weight is 428 g/mol. The Balaban J connectivity index is 1.57. The second kappa shape index (κ2) is 9.34. The van der Waals surface area contributed by atoms with Crippen LogP contribution < -0.4 is 9.64 Å². The molecule has 0 bridgehead atoms. The van der Waals surface area contributed by atoms with Gasteiger partial charge in [-0.15, -0.1) is 0 Å². The molecule has 7 nitrogen and oxygen atoms in total. The van der Waals surface area contributed by atoms with Crippen LogP contribution in [0.5, 0.6) is 5.75 Å². The summed E-state index contributed by atoms with van der Waals surface area (Å²) in [4.78, 5) is 14.8. The minimum absolute atomic E-state index is 0.0305.